The molecule has 1 aromatic carbocycles. The molecule has 0 saturated heterocycles. The standard InChI is InChI=1S/C8H9.2C5H6.Ti/c1-7-5-3-4-6-8(7)2;2*1-2-4-5-3-1;/h3-5H,1-2H3;2*1-4H,5H2;. The molecule has 0 nitrogen and oxygen atoms in total. The van der Waals surface area contributed by atoms with Crippen molar-refractivity contribution in [1.29, 1.82) is 0 Å². The van der Waals surface area contributed by atoms with Gasteiger partial charge in [-0.1, -0.05) is 48.6 Å². The van der Waals surface area contributed by atoms with Crippen molar-refractivity contribution in [2.45, 2.75) is 26.7 Å². The molecule has 1 aromatic rings. The van der Waals surface area contributed by atoms with Gasteiger partial charge in [-0.15, -0.1) is 0 Å². The van der Waals surface area contributed by atoms with Crippen LogP contribution in [0.5, 0.6) is 0 Å². The van der Waals surface area contributed by atoms with Crippen LogP contribution < -0.4 is 3.87 Å². The zero-order chi connectivity index (χ0) is 13.9. The molecule has 0 bridgehead atoms. The second-order valence-electron chi connectivity index (χ2n) is 4.43. The van der Waals surface area contributed by atoms with Gasteiger partial charge in [0.1, 0.15) is 0 Å². The Labute approximate surface area is 129 Å². The Morgan fingerprint density at radius 3 is 1.53 bits per heavy atom. The van der Waals surface area contributed by atoms with E-state index in [-0.39, 0.29) is 0 Å². The molecule has 0 radical (unpaired) electrons. The van der Waals surface area contributed by atoms with Crippen LogP contribution in [0.15, 0.2) is 66.8 Å². The molecular formula is C18H21Ti. The number of benzene rings is 1. The van der Waals surface area contributed by atoms with E-state index in [4.69, 9.17) is 0 Å². The fourth-order valence-corrected chi connectivity index (χ4v) is 1.99. The van der Waals surface area contributed by atoms with Gasteiger partial charge in [0.2, 0.25) is 0 Å². The molecule has 0 saturated carbocycles. The average molecular weight is 285 g/mol. The molecule has 3 rings (SSSR count). The minimum atomic E-state index is 1.14. The third-order valence-electron chi connectivity index (χ3n) is 2.92. The van der Waals surface area contributed by atoms with E-state index in [9.17, 15) is 0 Å². The molecule has 1 heteroatoms. The molecule has 0 aromatic heterocycles. The Balaban J connectivity index is 0.000000153. The zero-order valence-corrected chi connectivity index (χ0v) is 13.3. The Hall–Kier alpha value is -1.11. The number of allylic oxidation sites excluding steroid dienone is 8. The zero-order valence-electron chi connectivity index (χ0n) is 11.8. The van der Waals surface area contributed by atoms with Crippen LogP contribution in [-0.4, -0.2) is 0 Å². The first kappa shape index (κ1) is 16.0. The van der Waals surface area contributed by atoms with Crippen molar-refractivity contribution in [3.05, 3.63) is 77.9 Å². The van der Waals surface area contributed by atoms with Crippen molar-refractivity contribution >= 4 is 3.87 Å². The Kier molecular flexibility index (Phi) is 8.21. The summed E-state index contributed by atoms with van der Waals surface area (Å²) in [6.07, 6.45) is 19.0. The Bertz CT molecular complexity index is 428. The van der Waals surface area contributed by atoms with Crippen LogP contribution in [-0.2, 0) is 20.4 Å². The van der Waals surface area contributed by atoms with Gasteiger partial charge < -0.3 is 0 Å². The van der Waals surface area contributed by atoms with Crippen molar-refractivity contribution in [3.8, 4) is 0 Å². The van der Waals surface area contributed by atoms with Crippen molar-refractivity contribution < 1.29 is 20.4 Å². The van der Waals surface area contributed by atoms with Crippen LogP contribution in [0.2, 0.25) is 0 Å². The summed E-state index contributed by atoms with van der Waals surface area (Å²) in [6.45, 7) is 4.30. The van der Waals surface area contributed by atoms with Gasteiger partial charge in [0.15, 0.2) is 0 Å². The van der Waals surface area contributed by atoms with Crippen LogP contribution in [0.3, 0.4) is 0 Å². The van der Waals surface area contributed by atoms with E-state index in [0.717, 1.165) is 12.8 Å². The fourth-order valence-electron chi connectivity index (χ4n) is 1.54. The van der Waals surface area contributed by atoms with Gasteiger partial charge in [-0.25, -0.2) is 0 Å². The van der Waals surface area contributed by atoms with E-state index < -0.39 is 0 Å². The molecule has 0 heterocycles. The number of aryl methyl sites for hydroxylation is 1. The second-order valence-corrected chi connectivity index (χ2v) is 5.27. The molecule has 0 amide bonds. The average Bonchev–Trinajstić information content (AvgIpc) is 3.11. The van der Waals surface area contributed by atoms with E-state index in [1.54, 1.807) is 0 Å². The molecular weight excluding hydrogens is 264 g/mol. The Morgan fingerprint density at radius 1 is 0.789 bits per heavy atom. The van der Waals surface area contributed by atoms with Crippen LogP contribution in [0.25, 0.3) is 0 Å². The first-order valence-electron chi connectivity index (χ1n) is 6.63. The predicted molar refractivity (Wildman–Crippen MR) is 81.3 cm³/mol. The quantitative estimate of drug-likeness (QED) is 0.616. The van der Waals surface area contributed by atoms with Crippen LogP contribution >= 0.6 is 0 Å². The fraction of sp³-hybridized carbons (Fsp3) is 0.222. The third kappa shape index (κ3) is 7.15. The van der Waals surface area contributed by atoms with Crippen molar-refractivity contribution in [1.82, 2.24) is 0 Å². The van der Waals surface area contributed by atoms with Crippen LogP contribution in [0.4, 0.5) is 0 Å². The van der Waals surface area contributed by atoms with Gasteiger partial charge in [0.05, 0.1) is 0 Å². The van der Waals surface area contributed by atoms with E-state index in [1.807, 2.05) is 0 Å². The van der Waals surface area contributed by atoms with E-state index in [2.05, 4.69) is 101 Å². The first-order chi connectivity index (χ1) is 9.22. The summed E-state index contributed by atoms with van der Waals surface area (Å²) in [5.74, 6) is 0. The van der Waals surface area contributed by atoms with Gasteiger partial charge in [-0.2, -0.15) is 0 Å². The van der Waals surface area contributed by atoms with Gasteiger partial charge >= 0.3 is 67.5 Å². The van der Waals surface area contributed by atoms with Gasteiger partial charge in [0, 0.05) is 0 Å². The molecule has 2 aliphatic carbocycles. The molecule has 0 aliphatic heterocycles. The maximum atomic E-state index is 2.16. The number of hydrogen-bond donors (Lipinski definition) is 0. The number of rotatable bonds is 0. The van der Waals surface area contributed by atoms with Crippen LogP contribution in [0, 0.1) is 13.8 Å². The second kappa shape index (κ2) is 9.78. The normalized spacial score (nSPS) is 13.7. The summed E-state index contributed by atoms with van der Waals surface area (Å²) >= 11 is 2.14. The van der Waals surface area contributed by atoms with Gasteiger partial charge in [-0.3, -0.25) is 0 Å². The maximum absolute atomic E-state index is 2.16. The first-order valence-corrected chi connectivity index (χ1v) is 7.41. The van der Waals surface area contributed by atoms with E-state index in [0.29, 0.717) is 0 Å². The van der Waals surface area contributed by atoms with E-state index >= 15 is 0 Å². The molecule has 0 N–H and O–H groups in total. The van der Waals surface area contributed by atoms with Crippen molar-refractivity contribution in [2.24, 2.45) is 0 Å². The molecule has 0 fully saturated rings. The summed E-state index contributed by atoms with van der Waals surface area (Å²) in [4.78, 5) is 0. The summed E-state index contributed by atoms with van der Waals surface area (Å²) in [7, 11) is 0. The topological polar surface area (TPSA) is 0 Å². The molecule has 0 unspecified atom stereocenters. The SMILES string of the molecule is C1=CCC=C1.C1=CCC=C1.Cc1ccc[c]([Ti])c1C. The summed E-state index contributed by atoms with van der Waals surface area (Å²) in [5, 5.41) is 0. The molecule has 2 aliphatic rings. The monoisotopic (exact) mass is 285 g/mol. The van der Waals surface area contributed by atoms with Crippen molar-refractivity contribution in [3.63, 3.8) is 0 Å². The Morgan fingerprint density at radius 2 is 1.26 bits per heavy atom. The van der Waals surface area contributed by atoms with Gasteiger partial charge in [0.25, 0.3) is 0 Å². The molecule has 19 heavy (non-hydrogen) atoms. The van der Waals surface area contributed by atoms with E-state index in [1.165, 1.54) is 15.0 Å². The van der Waals surface area contributed by atoms with Crippen LogP contribution in [0.1, 0.15) is 24.0 Å². The summed E-state index contributed by atoms with van der Waals surface area (Å²) < 4.78 is 1.38. The van der Waals surface area contributed by atoms with Crippen molar-refractivity contribution in [2.75, 3.05) is 0 Å². The molecule has 97 valence electrons. The minimum absolute atomic E-state index is 1.14. The number of hydrogen-bond acceptors (Lipinski definition) is 0. The molecule has 0 spiro atoms. The molecule has 0 atom stereocenters. The summed E-state index contributed by atoms with van der Waals surface area (Å²) in [5.41, 5.74) is 2.80. The predicted octanol–water partition coefficient (Wildman–Crippen LogP) is 4.48. The van der Waals surface area contributed by atoms with Gasteiger partial charge in [-0.05, 0) is 12.8 Å². The summed E-state index contributed by atoms with van der Waals surface area (Å²) in [6, 6.07) is 6.38. The third-order valence-corrected chi connectivity index (χ3v) is 3.76.